The van der Waals surface area contributed by atoms with Gasteiger partial charge in [-0.2, -0.15) is 5.10 Å². The number of aryl methyl sites for hydroxylation is 1. The van der Waals surface area contributed by atoms with Gasteiger partial charge < -0.3 is 10.0 Å². The molecule has 4 rings (SSSR count). The van der Waals surface area contributed by atoms with Gasteiger partial charge in [0.2, 0.25) is 0 Å². The minimum absolute atomic E-state index is 0.0594. The van der Waals surface area contributed by atoms with Crippen molar-refractivity contribution >= 4 is 28.6 Å². The molecule has 0 saturated heterocycles. The van der Waals surface area contributed by atoms with Crippen LogP contribution in [-0.2, 0) is 0 Å². The highest BCUT2D eigenvalue weighted by Gasteiger charge is 2.34. The Balaban J connectivity index is 1.57. The zero-order valence-corrected chi connectivity index (χ0v) is 18.7. The van der Waals surface area contributed by atoms with Gasteiger partial charge in [0.15, 0.2) is 0 Å². The van der Waals surface area contributed by atoms with Crippen LogP contribution in [0, 0.1) is 6.92 Å². The first kappa shape index (κ1) is 20.9. The van der Waals surface area contributed by atoms with Crippen LogP contribution in [0.15, 0.2) is 53.6 Å². The highest BCUT2D eigenvalue weighted by atomic mass is 16.3. The van der Waals surface area contributed by atoms with Gasteiger partial charge in [0, 0.05) is 18.3 Å². The number of rotatable bonds is 3. The molecule has 1 atom stereocenters. The van der Waals surface area contributed by atoms with Crippen LogP contribution >= 0.6 is 0 Å². The fourth-order valence-corrected chi connectivity index (χ4v) is 4.50. The lowest BCUT2D eigenvalue weighted by atomic mass is 9.79. The van der Waals surface area contributed by atoms with Gasteiger partial charge in [-0.05, 0) is 84.8 Å². The maximum Gasteiger partial charge on any atom is 0.275 e. The molecule has 160 valence electrons. The highest BCUT2D eigenvalue weighted by Crippen LogP contribution is 2.43. The van der Waals surface area contributed by atoms with E-state index in [1.807, 2.05) is 24.3 Å². The number of nitrogens with one attached hydrogen (secondary N) is 1. The van der Waals surface area contributed by atoms with Crippen LogP contribution in [0.4, 0.5) is 5.69 Å². The van der Waals surface area contributed by atoms with Crippen LogP contribution in [0.5, 0.6) is 5.75 Å². The molecule has 0 radical (unpaired) electrons. The molecule has 3 aromatic carbocycles. The fraction of sp³-hybridized carbons (Fsp3) is 0.308. The van der Waals surface area contributed by atoms with Crippen molar-refractivity contribution in [3.05, 3.63) is 70.8 Å². The van der Waals surface area contributed by atoms with Crippen LogP contribution in [0.3, 0.4) is 0 Å². The van der Waals surface area contributed by atoms with E-state index in [1.165, 1.54) is 11.3 Å². The molecule has 1 aliphatic heterocycles. The van der Waals surface area contributed by atoms with Crippen LogP contribution in [0.2, 0.25) is 0 Å². The van der Waals surface area contributed by atoms with Crippen molar-refractivity contribution in [2.45, 2.75) is 45.6 Å². The van der Waals surface area contributed by atoms with Gasteiger partial charge in [-0.1, -0.05) is 31.2 Å². The number of nitrogens with zero attached hydrogens (tertiary/aromatic N) is 2. The number of amides is 1. The minimum atomic E-state index is -0.440. The Labute approximate surface area is 183 Å². The lowest BCUT2D eigenvalue weighted by Gasteiger charge is -2.45. The average Bonchev–Trinajstić information content (AvgIpc) is 2.72. The van der Waals surface area contributed by atoms with E-state index < -0.39 is 5.91 Å². The van der Waals surface area contributed by atoms with Gasteiger partial charge in [-0.3, -0.25) is 4.79 Å². The Morgan fingerprint density at radius 3 is 2.58 bits per heavy atom. The Morgan fingerprint density at radius 1 is 1.19 bits per heavy atom. The number of hydrogen-bond donors (Lipinski definition) is 2. The summed E-state index contributed by atoms with van der Waals surface area (Å²) in [5.74, 6) is -0.0566. The van der Waals surface area contributed by atoms with E-state index in [0.717, 1.165) is 28.3 Å². The second-order valence-corrected chi connectivity index (χ2v) is 9.16. The molecule has 0 fully saturated rings. The van der Waals surface area contributed by atoms with E-state index in [2.05, 4.69) is 62.3 Å². The quantitative estimate of drug-likeness (QED) is 0.448. The van der Waals surface area contributed by atoms with Gasteiger partial charge in [0.25, 0.3) is 5.91 Å². The molecule has 0 spiro atoms. The normalized spacial score (nSPS) is 17.7. The molecule has 5 nitrogen and oxygen atoms in total. The summed E-state index contributed by atoms with van der Waals surface area (Å²) >= 11 is 0. The number of benzene rings is 3. The zero-order chi connectivity index (χ0) is 22.3. The van der Waals surface area contributed by atoms with Crippen molar-refractivity contribution in [2.24, 2.45) is 5.10 Å². The van der Waals surface area contributed by atoms with Crippen LogP contribution < -0.4 is 10.3 Å². The molecule has 0 saturated carbocycles. The molecule has 1 aliphatic rings. The summed E-state index contributed by atoms with van der Waals surface area (Å²) in [6.45, 7) is 8.86. The summed E-state index contributed by atoms with van der Waals surface area (Å²) in [6, 6.07) is 15.2. The number of carbonyl (C=O) groups is 1. The Hall–Kier alpha value is -3.34. The third kappa shape index (κ3) is 3.88. The van der Waals surface area contributed by atoms with E-state index in [-0.39, 0.29) is 16.9 Å². The van der Waals surface area contributed by atoms with Gasteiger partial charge >= 0.3 is 0 Å². The second kappa shape index (κ2) is 7.73. The lowest BCUT2D eigenvalue weighted by Crippen LogP contribution is -2.45. The van der Waals surface area contributed by atoms with Crippen molar-refractivity contribution < 1.29 is 9.90 Å². The highest BCUT2D eigenvalue weighted by molar-refractivity contribution is 6.01. The summed E-state index contributed by atoms with van der Waals surface area (Å²) in [5, 5.41) is 16.2. The summed E-state index contributed by atoms with van der Waals surface area (Å²) in [6.07, 6.45) is 2.76. The van der Waals surface area contributed by atoms with E-state index >= 15 is 0 Å². The fourth-order valence-electron chi connectivity index (χ4n) is 4.50. The largest absolute Gasteiger partial charge is 0.507 e. The first-order chi connectivity index (χ1) is 14.7. The van der Waals surface area contributed by atoms with Crippen molar-refractivity contribution in [2.75, 3.05) is 11.9 Å². The van der Waals surface area contributed by atoms with E-state index in [1.54, 1.807) is 18.3 Å². The van der Waals surface area contributed by atoms with Gasteiger partial charge in [-0.15, -0.1) is 0 Å². The van der Waals surface area contributed by atoms with Crippen molar-refractivity contribution in [1.29, 1.82) is 0 Å². The molecule has 5 heteroatoms. The number of hydrogen-bond acceptors (Lipinski definition) is 4. The van der Waals surface area contributed by atoms with Crippen molar-refractivity contribution in [1.82, 2.24) is 5.43 Å². The maximum absolute atomic E-state index is 12.6. The van der Waals surface area contributed by atoms with Crippen LogP contribution in [-0.4, -0.2) is 29.8 Å². The number of phenolic OH excluding ortho intramolecular Hbond substituents is 1. The minimum Gasteiger partial charge on any atom is -0.507 e. The lowest BCUT2D eigenvalue weighted by molar-refractivity contribution is 0.0952. The molecular weight excluding hydrogens is 386 g/mol. The average molecular weight is 416 g/mol. The summed E-state index contributed by atoms with van der Waals surface area (Å²) in [4.78, 5) is 14.9. The number of hydrazone groups is 1. The molecule has 3 aromatic rings. The Bertz CT molecular complexity index is 1200. The molecule has 0 bridgehead atoms. The van der Waals surface area contributed by atoms with E-state index in [9.17, 15) is 9.90 Å². The topological polar surface area (TPSA) is 64.9 Å². The third-order valence-electron chi connectivity index (χ3n) is 6.50. The predicted octanol–water partition coefficient (Wildman–Crippen LogP) is 5.34. The molecule has 1 heterocycles. The van der Waals surface area contributed by atoms with Crippen molar-refractivity contribution in [3.63, 3.8) is 0 Å². The number of anilines is 1. The first-order valence-corrected chi connectivity index (χ1v) is 10.6. The molecular formula is C26H29N3O2. The van der Waals surface area contributed by atoms with E-state index in [0.29, 0.717) is 5.92 Å². The number of carbonyl (C=O) groups excluding carboxylic acids is 1. The zero-order valence-electron chi connectivity index (χ0n) is 18.7. The van der Waals surface area contributed by atoms with Gasteiger partial charge in [0.1, 0.15) is 5.75 Å². The maximum atomic E-state index is 12.6. The molecule has 31 heavy (non-hydrogen) atoms. The van der Waals surface area contributed by atoms with Gasteiger partial charge in [0.05, 0.1) is 11.8 Å². The van der Waals surface area contributed by atoms with Crippen LogP contribution in [0.1, 0.15) is 60.2 Å². The second-order valence-electron chi connectivity index (χ2n) is 9.16. The summed E-state index contributed by atoms with van der Waals surface area (Å²) < 4.78 is 0. The molecule has 0 aliphatic carbocycles. The first-order valence-electron chi connectivity index (χ1n) is 10.6. The smallest absolute Gasteiger partial charge is 0.275 e. The number of fused-ring (bicyclic) bond motifs is 2. The van der Waals surface area contributed by atoms with Crippen LogP contribution in [0.25, 0.3) is 10.8 Å². The Kier molecular flexibility index (Phi) is 5.21. The molecule has 0 aromatic heterocycles. The molecule has 2 N–H and O–H groups in total. The summed E-state index contributed by atoms with van der Waals surface area (Å²) in [7, 11) is 2.15. The Morgan fingerprint density at radius 2 is 1.87 bits per heavy atom. The van der Waals surface area contributed by atoms with Crippen molar-refractivity contribution in [3.8, 4) is 5.75 Å². The van der Waals surface area contributed by atoms with Gasteiger partial charge in [-0.25, -0.2) is 5.43 Å². The number of aromatic hydroxyl groups is 1. The standard InChI is InChI=1S/C26H29N3O2/c1-16-10-23-21(17(2)14-26(3,4)29(23)5)12-20(16)15-27-28-25(31)22-11-18-8-6-7-9-19(18)13-24(22)30/h6-13,15,17,30H,14H2,1-5H3,(H,28,31)/b27-15-/t17-/m0/s1. The predicted molar refractivity (Wildman–Crippen MR) is 127 cm³/mol. The number of phenols is 1. The van der Waals surface area contributed by atoms with E-state index in [4.69, 9.17) is 0 Å². The molecule has 0 unspecified atom stereocenters. The monoisotopic (exact) mass is 415 g/mol. The third-order valence-corrected chi connectivity index (χ3v) is 6.50. The summed E-state index contributed by atoms with van der Waals surface area (Å²) in [5.41, 5.74) is 7.50. The molecule has 1 amide bonds. The SMILES string of the molecule is Cc1cc2c(cc1/C=N\NC(=O)c1cc3ccccc3cc1O)[C@@H](C)CC(C)(C)N2C.